The molecule has 0 spiro atoms. The van der Waals surface area contributed by atoms with E-state index in [0.717, 1.165) is 44.9 Å². The van der Waals surface area contributed by atoms with Crippen molar-refractivity contribution in [3.05, 3.63) is 24.3 Å². The van der Waals surface area contributed by atoms with Crippen LogP contribution in [0.4, 0.5) is 0 Å². The van der Waals surface area contributed by atoms with Crippen LogP contribution in [0.25, 0.3) is 0 Å². The van der Waals surface area contributed by atoms with Crippen molar-refractivity contribution in [2.75, 3.05) is 40.9 Å². The summed E-state index contributed by atoms with van der Waals surface area (Å²) in [6.45, 7) is 4.74. The van der Waals surface area contributed by atoms with E-state index in [1.165, 1.54) is 173 Å². The standard InChI is InChI=1S/C50H99N2O6P/c1-6-8-10-12-14-15-16-17-18-19-20-21-22-23-24-25-26-27-28-29-30-31-32-33-34-35-36-37-38-40-42-44-50(54)51-48(49(53)43-41-39-13-11-9-7-2)47-58-59(55,56)57-46-45-52(3,4)5/h19-20,41,43,48-49,53H,6-18,21-40,42,44-47H2,1-5H3,(H-,51,54,55,56)/p+1/b20-19-,43-41+. The van der Waals surface area contributed by atoms with Crippen LogP contribution in [0.1, 0.15) is 239 Å². The number of unbranched alkanes of at least 4 members (excludes halogenated alkanes) is 31. The van der Waals surface area contributed by atoms with Gasteiger partial charge in [0.05, 0.1) is 39.9 Å². The first-order chi connectivity index (χ1) is 28.5. The summed E-state index contributed by atoms with van der Waals surface area (Å²) < 4.78 is 23.4. The number of amides is 1. The molecule has 0 aliphatic rings. The first kappa shape index (κ1) is 58.0. The van der Waals surface area contributed by atoms with Gasteiger partial charge in [-0.05, 0) is 44.9 Å². The number of rotatable bonds is 46. The number of aliphatic hydroxyl groups excluding tert-OH is 1. The summed E-state index contributed by atoms with van der Waals surface area (Å²) in [6, 6.07) is -0.839. The predicted octanol–water partition coefficient (Wildman–Crippen LogP) is 14.5. The molecule has 1 amide bonds. The average Bonchev–Trinajstić information content (AvgIpc) is 3.19. The van der Waals surface area contributed by atoms with E-state index < -0.39 is 20.0 Å². The lowest BCUT2D eigenvalue weighted by atomic mass is 10.0. The fraction of sp³-hybridized carbons (Fsp3) is 0.900. The van der Waals surface area contributed by atoms with Crippen LogP contribution in [0, 0.1) is 0 Å². The fourth-order valence-electron chi connectivity index (χ4n) is 7.39. The number of likely N-dealkylation sites (N-methyl/N-ethyl adjacent to an activating group) is 1. The molecule has 0 heterocycles. The molecular formula is C50H100N2O6P+. The molecule has 0 saturated carbocycles. The van der Waals surface area contributed by atoms with Crippen molar-refractivity contribution in [1.29, 1.82) is 0 Å². The van der Waals surface area contributed by atoms with Crippen molar-refractivity contribution in [1.82, 2.24) is 5.32 Å². The molecule has 59 heavy (non-hydrogen) atoms. The third kappa shape index (κ3) is 44.8. The number of carbonyl (C=O) groups is 1. The summed E-state index contributed by atoms with van der Waals surface area (Å²) in [5.41, 5.74) is 0. The second-order valence-corrected chi connectivity index (χ2v) is 20.0. The van der Waals surface area contributed by atoms with Gasteiger partial charge in [0.2, 0.25) is 5.91 Å². The zero-order chi connectivity index (χ0) is 43.6. The molecule has 3 N–H and O–H groups in total. The number of quaternary nitrogens is 1. The van der Waals surface area contributed by atoms with Gasteiger partial charge in [-0.3, -0.25) is 13.8 Å². The van der Waals surface area contributed by atoms with Crippen molar-refractivity contribution in [2.45, 2.75) is 251 Å². The highest BCUT2D eigenvalue weighted by molar-refractivity contribution is 7.47. The normalized spacial score (nSPS) is 14.4. The van der Waals surface area contributed by atoms with Crippen molar-refractivity contribution in [2.24, 2.45) is 0 Å². The number of phosphoric acid groups is 1. The highest BCUT2D eigenvalue weighted by Gasteiger charge is 2.27. The minimum absolute atomic E-state index is 0.0626. The Labute approximate surface area is 366 Å². The summed E-state index contributed by atoms with van der Waals surface area (Å²) in [5.74, 6) is -0.179. The van der Waals surface area contributed by atoms with Crippen LogP contribution in [0.3, 0.4) is 0 Å². The minimum Gasteiger partial charge on any atom is -0.387 e. The van der Waals surface area contributed by atoms with Gasteiger partial charge < -0.3 is 19.8 Å². The zero-order valence-electron chi connectivity index (χ0n) is 39.8. The lowest BCUT2D eigenvalue weighted by Gasteiger charge is -2.25. The maximum absolute atomic E-state index is 12.8. The molecule has 8 nitrogen and oxygen atoms in total. The summed E-state index contributed by atoms with van der Waals surface area (Å²) >= 11 is 0. The van der Waals surface area contributed by atoms with Gasteiger partial charge in [-0.15, -0.1) is 0 Å². The summed E-state index contributed by atoms with van der Waals surface area (Å²) in [6.07, 6.45) is 51.7. The maximum atomic E-state index is 12.8. The Bertz CT molecular complexity index is 1020. The topological polar surface area (TPSA) is 105 Å². The Kier molecular flexibility index (Phi) is 41.6. The Balaban J connectivity index is 3.85. The summed E-state index contributed by atoms with van der Waals surface area (Å²) in [4.78, 5) is 23.0. The number of carbonyl (C=O) groups excluding carboxylic acids is 1. The van der Waals surface area contributed by atoms with Gasteiger partial charge in [0.1, 0.15) is 13.2 Å². The number of phosphoric ester groups is 1. The van der Waals surface area contributed by atoms with E-state index in [2.05, 4.69) is 31.3 Å². The van der Waals surface area contributed by atoms with Gasteiger partial charge >= 0.3 is 7.82 Å². The van der Waals surface area contributed by atoms with Crippen LogP contribution >= 0.6 is 7.82 Å². The molecule has 0 bridgehead atoms. The van der Waals surface area contributed by atoms with E-state index in [0.29, 0.717) is 17.4 Å². The van der Waals surface area contributed by atoms with E-state index >= 15 is 0 Å². The van der Waals surface area contributed by atoms with E-state index in [1.807, 2.05) is 27.2 Å². The van der Waals surface area contributed by atoms with E-state index in [1.54, 1.807) is 6.08 Å². The molecule has 350 valence electrons. The van der Waals surface area contributed by atoms with Crippen LogP contribution in [0.15, 0.2) is 24.3 Å². The lowest BCUT2D eigenvalue weighted by Crippen LogP contribution is -2.45. The Hall–Kier alpha value is -1.02. The SMILES string of the molecule is CCCCCC/C=C/C(O)C(COP(=O)(O)OCC[N+](C)(C)C)NC(=O)CCCCCCCCCCCCCCCCCCCCC/C=C\CCCCCCCCCC. The van der Waals surface area contributed by atoms with Crippen LogP contribution in [0.2, 0.25) is 0 Å². The number of allylic oxidation sites excluding steroid dienone is 3. The molecule has 3 atom stereocenters. The largest absolute Gasteiger partial charge is 0.472 e. The van der Waals surface area contributed by atoms with Gasteiger partial charge in [0.25, 0.3) is 0 Å². The van der Waals surface area contributed by atoms with Crippen LogP contribution < -0.4 is 5.32 Å². The van der Waals surface area contributed by atoms with Gasteiger partial charge in [-0.25, -0.2) is 4.57 Å². The van der Waals surface area contributed by atoms with Gasteiger partial charge in [-0.2, -0.15) is 0 Å². The van der Waals surface area contributed by atoms with E-state index in [9.17, 15) is 19.4 Å². The third-order valence-corrected chi connectivity index (χ3v) is 12.4. The first-order valence-corrected chi connectivity index (χ1v) is 26.7. The molecular weight excluding hydrogens is 756 g/mol. The third-order valence-electron chi connectivity index (χ3n) is 11.4. The van der Waals surface area contributed by atoms with Crippen LogP contribution in [0.5, 0.6) is 0 Å². The van der Waals surface area contributed by atoms with E-state index in [4.69, 9.17) is 9.05 Å². The highest BCUT2D eigenvalue weighted by Crippen LogP contribution is 2.43. The molecule has 0 aliphatic heterocycles. The Morgan fingerprint density at radius 2 is 0.915 bits per heavy atom. The van der Waals surface area contributed by atoms with Gasteiger partial charge in [0.15, 0.2) is 0 Å². The lowest BCUT2D eigenvalue weighted by molar-refractivity contribution is -0.870. The van der Waals surface area contributed by atoms with Gasteiger partial charge in [-0.1, -0.05) is 212 Å². The first-order valence-electron chi connectivity index (χ1n) is 25.2. The molecule has 0 aromatic carbocycles. The maximum Gasteiger partial charge on any atom is 0.472 e. The van der Waals surface area contributed by atoms with Gasteiger partial charge in [0, 0.05) is 6.42 Å². The molecule has 0 aliphatic carbocycles. The number of hydrogen-bond donors (Lipinski definition) is 3. The van der Waals surface area contributed by atoms with E-state index in [-0.39, 0.29) is 19.1 Å². The van der Waals surface area contributed by atoms with Crippen molar-refractivity contribution in [3.8, 4) is 0 Å². The van der Waals surface area contributed by atoms with Crippen molar-refractivity contribution < 1.29 is 32.9 Å². The molecule has 9 heteroatoms. The molecule has 0 saturated heterocycles. The summed E-state index contributed by atoms with van der Waals surface area (Å²) in [5, 5.41) is 13.7. The average molecular weight is 856 g/mol. The number of hydrogen-bond acceptors (Lipinski definition) is 5. The number of nitrogens with one attached hydrogen (secondary N) is 1. The molecule has 3 unspecified atom stereocenters. The van der Waals surface area contributed by atoms with Crippen LogP contribution in [-0.4, -0.2) is 73.4 Å². The number of aliphatic hydroxyl groups is 1. The molecule has 0 aromatic rings. The minimum atomic E-state index is -4.32. The molecule has 0 fully saturated rings. The smallest absolute Gasteiger partial charge is 0.387 e. The Morgan fingerprint density at radius 1 is 0.559 bits per heavy atom. The highest BCUT2D eigenvalue weighted by atomic mass is 31.2. The quantitative estimate of drug-likeness (QED) is 0.0244. The molecule has 0 rings (SSSR count). The fourth-order valence-corrected chi connectivity index (χ4v) is 8.13. The van der Waals surface area contributed by atoms with Crippen molar-refractivity contribution in [3.63, 3.8) is 0 Å². The molecule has 0 aromatic heterocycles. The number of nitrogens with zero attached hydrogens (tertiary/aromatic N) is 1. The second kappa shape index (κ2) is 42.3. The second-order valence-electron chi connectivity index (χ2n) is 18.5. The zero-order valence-corrected chi connectivity index (χ0v) is 40.7. The van der Waals surface area contributed by atoms with Crippen LogP contribution in [-0.2, 0) is 18.4 Å². The predicted molar refractivity (Wildman–Crippen MR) is 254 cm³/mol. The Morgan fingerprint density at radius 3 is 1.32 bits per heavy atom. The molecule has 0 radical (unpaired) electrons. The summed E-state index contributed by atoms with van der Waals surface area (Å²) in [7, 11) is 1.57. The monoisotopic (exact) mass is 856 g/mol. The van der Waals surface area contributed by atoms with Crippen molar-refractivity contribution >= 4 is 13.7 Å².